The fourth-order valence-electron chi connectivity index (χ4n) is 1.42. The van der Waals surface area contributed by atoms with Crippen molar-refractivity contribution in [1.82, 2.24) is 9.55 Å². The van der Waals surface area contributed by atoms with E-state index in [1.807, 2.05) is 11.4 Å². The van der Waals surface area contributed by atoms with Gasteiger partial charge >= 0.3 is 5.69 Å². The number of aromatic nitrogens is 2. The van der Waals surface area contributed by atoms with Crippen molar-refractivity contribution in [1.29, 1.82) is 0 Å². The molecule has 0 radical (unpaired) electrons. The normalized spacial score (nSPS) is 9.83. The summed E-state index contributed by atoms with van der Waals surface area (Å²) in [4.78, 5) is 16.2. The highest BCUT2D eigenvalue weighted by Crippen LogP contribution is 2.14. The molecule has 2 aromatic heterocycles. The van der Waals surface area contributed by atoms with Crippen molar-refractivity contribution >= 4 is 11.3 Å². The van der Waals surface area contributed by atoms with E-state index in [1.54, 1.807) is 28.2 Å². The Kier molecular flexibility index (Phi) is 4.29. The van der Waals surface area contributed by atoms with Crippen molar-refractivity contribution in [2.75, 3.05) is 6.61 Å². The zero-order valence-electron chi connectivity index (χ0n) is 9.67. The van der Waals surface area contributed by atoms with Crippen LogP contribution in [0.5, 0.6) is 0 Å². The van der Waals surface area contributed by atoms with Crippen molar-refractivity contribution in [3.63, 3.8) is 0 Å². The van der Waals surface area contributed by atoms with Gasteiger partial charge in [0.2, 0.25) is 0 Å². The van der Waals surface area contributed by atoms with Gasteiger partial charge < -0.3 is 5.11 Å². The third kappa shape index (κ3) is 3.29. The van der Waals surface area contributed by atoms with E-state index in [1.165, 1.54) is 6.20 Å². The standard InChI is InChI=1S/C13H12N2O2S/c16-7-2-1-4-11-8-12(18-10-11)9-15-6-3-5-14-13(15)17/h3,5-6,8,10,16H,2,7,9H2. The average Bonchev–Trinajstić information content (AvgIpc) is 2.80. The first-order chi connectivity index (χ1) is 8.79. The molecule has 2 rings (SSSR count). The molecule has 0 aliphatic carbocycles. The van der Waals surface area contributed by atoms with Gasteiger partial charge in [-0.15, -0.1) is 11.3 Å². The molecule has 1 N–H and O–H groups in total. The highest BCUT2D eigenvalue weighted by atomic mass is 32.1. The molecule has 0 atom stereocenters. The van der Waals surface area contributed by atoms with Crippen molar-refractivity contribution < 1.29 is 5.11 Å². The lowest BCUT2D eigenvalue weighted by Crippen LogP contribution is -2.21. The van der Waals surface area contributed by atoms with Crippen LogP contribution in [0.15, 0.2) is 34.7 Å². The first-order valence-electron chi connectivity index (χ1n) is 5.48. The first-order valence-corrected chi connectivity index (χ1v) is 6.36. The monoisotopic (exact) mass is 260 g/mol. The minimum absolute atomic E-state index is 0.0784. The minimum Gasteiger partial charge on any atom is -0.395 e. The number of hydrogen-bond donors (Lipinski definition) is 1. The molecular formula is C13H12N2O2S. The second kappa shape index (κ2) is 6.15. The van der Waals surface area contributed by atoms with Gasteiger partial charge in [0, 0.05) is 34.6 Å². The van der Waals surface area contributed by atoms with E-state index in [-0.39, 0.29) is 12.3 Å². The van der Waals surface area contributed by atoms with Gasteiger partial charge in [-0.25, -0.2) is 9.78 Å². The number of rotatable bonds is 3. The van der Waals surface area contributed by atoms with Crippen LogP contribution in [0, 0.1) is 11.8 Å². The van der Waals surface area contributed by atoms with Crippen molar-refractivity contribution in [3.05, 3.63) is 50.8 Å². The summed E-state index contributed by atoms with van der Waals surface area (Å²) in [5, 5.41) is 10.6. The number of nitrogens with zero attached hydrogens (tertiary/aromatic N) is 2. The molecule has 0 spiro atoms. The zero-order chi connectivity index (χ0) is 12.8. The SMILES string of the molecule is O=c1ncccn1Cc1cc(C#CCCO)cs1. The molecule has 0 aromatic carbocycles. The maximum atomic E-state index is 11.4. The molecule has 0 unspecified atom stereocenters. The summed E-state index contributed by atoms with van der Waals surface area (Å²) in [6.07, 6.45) is 3.68. The Bertz CT molecular complexity index is 634. The van der Waals surface area contributed by atoms with E-state index in [0.29, 0.717) is 13.0 Å². The Balaban J connectivity index is 2.10. The molecule has 0 fully saturated rings. The largest absolute Gasteiger partial charge is 0.395 e. The van der Waals surface area contributed by atoms with Crippen molar-refractivity contribution in [2.45, 2.75) is 13.0 Å². The second-order valence-electron chi connectivity index (χ2n) is 3.61. The molecule has 0 bridgehead atoms. The van der Waals surface area contributed by atoms with Gasteiger partial charge in [-0.05, 0) is 12.1 Å². The van der Waals surface area contributed by atoms with E-state index in [2.05, 4.69) is 16.8 Å². The maximum absolute atomic E-state index is 11.4. The third-order valence-corrected chi connectivity index (χ3v) is 3.15. The van der Waals surface area contributed by atoms with Gasteiger partial charge in [0.25, 0.3) is 0 Å². The molecule has 0 amide bonds. The zero-order valence-corrected chi connectivity index (χ0v) is 10.5. The number of aliphatic hydroxyl groups is 1. The highest BCUT2D eigenvalue weighted by molar-refractivity contribution is 7.10. The molecule has 4 nitrogen and oxygen atoms in total. The Morgan fingerprint density at radius 1 is 1.50 bits per heavy atom. The molecule has 0 aliphatic heterocycles. The summed E-state index contributed by atoms with van der Waals surface area (Å²) in [6.45, 7) is 0.591. The van der Waals surface area contributed by atoms with Crippen LogP contribution >= 0.6 is 11.3 Å². The minimum atomic E-state index is -0.251. The van der Waals surface area contributed by atoms with Gasteiger partial charge in [-0.3, -0.25) is 4.57 Å². The average molecular weight is 260 g/mol. The number of hydrogen-bond acceptors (Lipinski definition) is 4. The Labute approximate surface area is 109 Å². The summed E-state index contributed by atoms with van der Waals surface area (Å²) in [7, 11) is 0. The Hall–Kier alpha value is -1.90. The topological polar surface area (TPSA) is 55.1 Å². The van der Waals surface area contributed by atoms with E-state index >= 15 is 0 Å². The molecule has 2 aromatic rings. The highest BCUT2D eigenvalue weighted by Gasteiger charge is 2.00. The summed E-state index contributed by atoms with van der Waals surface area (Å²) < 4.78 is 1.55. The molecule has 92 valence electrons. The van der Waals surface area contributed by atoms with E-state index < -0.39 is 0 Å². The van der Waals surface area contributed by atoms with E-state index in [9.17, 15) is 4.79 Å². The van der Waals surface area contributed by atoms with Crippen LogP contribution in [0.3, 0.4) is 0 Å². The van der Waals surface area contributed by atoms with Crippen molar-refractivity contribution in [2.24, 2.45) is 0 Å². The fraction of sp³-hybridized carbons (Fsp3) is 0.231. The van der Waals surface area contributed by atoms with Crippen LogP contribution in [0.4, 0.5) is 0 Å². The quantitative estimate of drug-likeness (QED) is 0.840. The maximum Gasteiger partial charge on any atom is 0.347 e. The van der Waals surface area contributed by atoms with Gasteiger partial charge in [-0.1, -0.05) is 11.8 Å². The van der Waals surface area contributed by atoms with Crippen LogP contribution in [-0.2, 0) is 6.54 Å². The summed E-state index contributed by atoms with van der Waals surface area (Å²) in [6, 6.07) is 3.69. The van der Waals surface area contributed by atoms with Crippen LogP contribution in [0.25, 0.3) is 0 Å². The third-order valence-electron chi connectivity index (χ3n) is 2.23. The molecule has 5 heteroatoms. The molecule has 0 saturated heterocycles. The lowest BCUT2D eigenvalue weighted by atomic mass is 10.3. The fourth-order valence-corrected chi connectivity index (χ4v) is 2.24. The summed E-state index contributed by atoms with van der Waals surface area (Å²) >= 11 is 1.56. The molecular weight excluding hydrogens is 248 g/mol. The Morgan fingerprint density at radius 2 is 2.39 bits per heavy atom. The predicted molar refractivity (Wildman–Crippen MR) is 70.5 cm³/mol. The van der Waals surface area contributed by atoms with Crippen LogP contribution < -0.4 is 5.69 Å². The molecule has 18 heavy (non-hydrogen) atoms. The van der Waals surface area contributed by atoms with E-state index in [0.717, 1.165) is 10.4 Å². The van der Waals surface area contributed by atoms with Crippen LogP contribution in [-0.4, -0.2) is 21.3 Å². The number of thiophene rings is 1. The number of aliphatic hydroxyl groups excluding tert-OH is 1. The van der Waals surface area contributed by atoms with Gasteiger partial charge in [0.15, 0.2) is 0 Å². The lowest BCUT2D eigenvalue weighted by molar-refractivity contribution is 0.305. The second-order valence-corrected chi connectivity index (χ2v) is 4.60. The van der Waals surface area contributed by atoms with Crippen LogP contribution in [0.1, 0.15) is 16.9 Å². The first kappa shape index (κ1) is 12.6. The molecule has 2 heterocycles. The van der Waals surface area contributed by atoms with Crippen LogP contribution in [0.2, 0.25) is 0 Å². The smallest absolute Gasteiger partial charge is 0.347 e. The Morgan fingerprint density at radius 3 is 3.17 bits per heavy atom. The molecule has 0 saturated carbocycles. The summed E-state index contributed by atoms with van der Waals surface area (Å²) in [5.74, 6) is 5.83. The molecule has 0 aliphatic rings. The predicted octanol–water partition coefficient (Wildman–Crippen LogP) is 1.09. The van der Waals surface area contributed by atoms with Gasteiger partial charge in [0.05, 0.1) is 13.2 Å². The van der Waals surface area contributed by atoms with Crippen molar-refractivity contribution in [3.8, 4) is 11.8 Å². The van der Waals surface area contributed by atoms with Gasteiger partial charge in [-0.2, -0.15) is 0 Å². The summed E-state index contributed by atoms with van der Waals surface area (Å²) in [5.41, 5.74) is 0.666. The van der Waals surface area contributed by atoms with E-state index in [4.69, 9.17) is 5.11 Å². The lowest BCUT2D eigenvalue weighted by Gasteiger charge is -2.00. The van der Waals surface area contributed by atoms with Gasteiger partial charge in [0.1, 0.15) is 0 Å².